The van der Waals surface area contributed by atoms with Gasteiger partial charge in [-0.25, -0.2) is 10.2 Å². The molecule has 0 aromatic heterocycles. The summed E-state index contributed by atoms with van der Waals surface area (Å²) in [4.78, 5) is 23.5. The number of amides is 2. The molecule has 0 aliphatic heterocycles. The molecule has 8 heteroatoms. The highest BCUT2D eigenvalue weighted by molar-refractivity contribution is 6.00. The molecule has 0 spiro atoms. The van der Waals surface area contributed by atoms with E-state index < -0.39 is 11.7 Å². The Balaban J connectivity index is 2.40. The molecule has 0 heterocycles. The van der Waals surface area contributed by atoms with Crippen molar-refractivity contribution in [2.24, 2.45) is 5.10 Å². The number of rotatable bonds is 8. The van der Waals surface area contributed by atoms with E-state index in [1.54, 1.807) is 41.9 Å². The molecular weight excluding hydrogens is 350 g/mol. The summed E-state index contributed by atoms with van der Waals surface area (Å²) >= 11 is 0. The lowest BCUT2D eigenvalue weighted by atomic mass is 10.1. The molecule has 0 unspecified atom stereocenters. The van der Waals surface area contributed by atoms with Crippen molar-refractivity contribution in [3.8, 4) is 11.5 Å². The third-order valence-electron chi connectivity index (χ3n) is 3.34. The first-order chi connectivity index (χ1) is 12.6. The lowest BCUT2D eigenvalue weighted by molar-refractivity contribution is -0.119. The fourth-order valence-corrected chi connectivity index (χ4v) is 2.16. The molecule has 2 N–H and O–H groups in total. The first-order valence-corrected chi connectivity index (χ1v) is 8.64. The largest absolute Gasteiger partial charge is 0.493 e. The van der Waals surface area contributed by atoms with Crippen molar-refractivity contribution in [3.63, 3.8) is 0 Å². The zero-order valence-corrected chi connectivity index (χ0v) is 16.8. The maximum atomic E-state index is 12.0. The van der Waals surface area contributed by atoms with Gasteiger partial charge in [-0.3, -0.25) is 4.79 Å². The number of ether oxygens (including phenoxy) is 3. The molecule has 0 fully saturated rings. The maximum absolute atomic E-state index is 12.0. The number of hydrazone groups is 1. The zero-order valence-electron chi connectivity index (χ0n) is 16.8. The van der Waals surface area contributed by atoms with E-state index in [0.29, 0.717) is 30.2 Å². The number of carbonyl (C=O) groups excluding carboxylic acids is 2. The number of hydrogen-bond acceptors (Lipinski definition) is 6. The number of carbonyl (C=O) groups is 2. The second-order valence-corrected chi connectivity index (χ2v) is 6.93. The molecule has 27 heavy (non-hydrogen) atoms. The second-order valence-electron chi connectivity index (χ2n) is 6.93. The van der Waals surface area contributed by atoms with Crippen LogP contribution in [-0.4, -0.2) is 44.1 Å². The highest BCUT2D eigenvalue weighted by Gasteiger charge is 2.15. The van der Waals surface area contributed by atoms with Crippen molar-refractivity contribution < 1.29 is 23.8 Å². The van der Waals surface area contributed by atoms with Gasteiger partial charge < -0.3 is 19.5 Å². The number of nitrogens with zero attached hydrogens (tertiary/aromatic N) is 1. The fourth-order valence-electron chi connectivity index (χ4n) is 2.16. The Morgan fingerprint density at radius 3 is 2.37 bits per heavy atom. The lowest BCUT2D eigenvalue weighted by Gasteiger charge is -2.18. The smallest absolute Gasteiger partial charge is 0.428 e. The van der Waals surface area contributed by atoms with Gasteiger partial charge in [-0.1, -0.05) is 6.07 Å². The third-order valence-corrected chi connectivity index (χ3v) is 3.34. The number of nitrogens with one attached hydrogen (secondary N) is 2. The van der Waals surface area contributed by atoms with Gasteiger partial charge in [-0.05, 0) is 51.8 Å². The fraction of sp³-hybridized carbons (Fsp3) is 0.526. The number of benzene rings is 1. The van der Waals surface area contributed by atoms with Crippen molar-refractivity contribution in [1.82, 2.24) is 10.7 Å². The molecule has 2 amide bonds. The summed E-state index contributed by atoms with van der Waals surface area (Å²) in [6.45, 7) is 7.41. The SMILES string of the molecule is COc1ccc(CCNC(=O)C/C(C)=N\NC(=O)OC(C)(C)C)cc1OC. The molecular formula is C19H29N3O5. The van der Waals surface area contributed by atoms with Crippen LogP contribution in [0.5, 0.6) is 11.5 Å². The van der Waals surface area contributed by atoms with Crippen molar-refractivity contribution >= 4 is 17.7 Å². The van der Waals surface area contributed by atoms with Crippen LogP contribution in [-0.2, 0) is 16.0 Å². The van der Waals surface area contributed by atoms with Crippen molar-refractivity contribution in [3.05, 3.63) is 23.8 Å². The standard InChI is InChI=1S/C19H29N3O5/c1-13(21-22-18(24)27-19(2,3)4)11-17(23)20-10-9-14-7-8-15(25-5)16(12-14)26-6/h7-8,12H,9-11H2,1-6H3,(H,20,23)(H,22,24)/b21-13-. The highest BCUT2D eigenvalue weighted by atomic mass is 16.6. The molecule has 0 aliphatic carbocycles. The Kier molecular flexibility index (Phi) is 8.58. The predicted molar refractivity (Wildman–Crippen MR) is 103 cm³/mol. The normalized spacial score (nSPS) is 11.6. The van der Waals surface area contributed by atoms with Gasteiger partial charge in [-0.15, -0.1) is 0 Å². The quantitative estimate of drug-likeness (QED) is 0.534. The Bertz CT molecular complexity index is 680. The van der Waals surface area contributed by atoms with Crippen LogP contribution >= 0.6 is 0 Å². The molecule has 0 atom stereocenters. The van der Waals surface area contributed by atoms with E-state index >= 15 is 0 Å². The Morgan fingerprint density at radius 2 is 1.78 bits per heavy atom. The van der Waals surface area contributed by atoms with Crippen LogP contribution in [0.25, 0.3) is 0 Å². The van der Waals surface area contributed by atoms with Gasteiger partial charge in [0, 0.05) is 12.3 Å². The van der Waals surface area contributed by atoms with E-state index in [2.05, 4.69) is 15.8 Å². The zero-order chi connectivity index (χ0) is 20.4. The van der Waals surface area contributed by atoms with Gasteiger partial charge in [-0.2, -0.15) is 5.10 Å². The molecule has 0 saturated carbocycles. The summed E-state index contributed by atoms with van der Waals surface area (Å²) in [5, 5.41) is 6.68. The van der Waals surface area contributed by atoms with Crippen LogP contribution in [0, 0.1) is 0 Å². The van der Waals surface area contributed by atoms with E-state index in [1.807, 2.05) is 18.2 Å². The molecule has 1 aromatic carbocycles. The van der Waals surface area contributed by atoms with Crippen molar-refractivity contribution in [1.29, 1.82) is 0 Å². The van der Waals surface area contributed by atoms with Gasteiger partial charge in [0.1, 0.15) is 5.60 Å². The van der Waals surface area contributed by atoms with Crippen molar-refractivity contribution in [2.45, 2.75) is 46.1 Å². The highest BCUT2D eigenvalue weighted by Crippen LogP contribution is 2.27. The summed E-state index contributed by atoms with van der Waals surface area (Å²) in [7, 11) is 3.16. The summed E-state index contributed by atoms with van der Waals surface area (Å²) < 4.78 is 15.5. The van der Waals surface area contributed by atoms with Crippen LogP contribution < -0.4 is 20.2 Å². The first kappa shape index (κ1) is 22.3. The molecule has 0 aliphatic rings. The van der Waals surface area contributed by atoms with Crippen LogP contribution in [0.1, 0.15) is 39.7 Å². The van der Waals surface area contributed by atoms with E-state index in [-0.39, 0.29) is 12.3 Å². The monoisotopic (exact) mass is 379 g/mol. The van der Waals surface area contributed by atoms with Crippen LogP contribution in [0.2, 0.25) is 0 Å². The van der Waals surface area contributed by atoms with Crippen LogP contribution in [0.15, 0.2) is 23.3 Å². The first-order valence-electron chi connectivity index (χ1n) is 8.64. The summed E-state index contributed by atoms with van der Waals surface area (Å²) in [6, 6.07) is 5.63. The average Bonchev–Trinajstić information content (AvgIpc) is 2.58. The Labute approximate surface area is 160 Å². The lowest BCUT2D eigenvalue weighted by Crippen LogP contribution is -2.31. The number of hydrogen-bond donors (Lipinski definition) is 2. The van der Waals surface area contributed by atoms with E-state index in [4.69, 9.17) is 14.2 Å². The van der Waals surface area contributed by atoms with Gasteiger partial charge in [0.05, 0.1) is 20.6 Å². The van der Waals surface area contributed by atoms with E-state index in [1.165, 1.54) is 0 Å². The predicted octanol–water partition coefficient (Wildman–Crippen LogP) is 2.65. The van der Waals surface area contributed by atoms with Crippen LogP contribution in [0.3, 0.4) is 0 Å². The topological polar surface area (TPSA) is 98.2 Å². The Hall–Kier alpha value is -2.77. The summed E-state index contributed by atoms with van der Waals surface area (Å²) in [6.07, 6.45) is 0.0795. The maximum Gasteiger partial charge on any atom is 0.428 e. The molecule has 1 aromatic rings. The molecule has 1 rings (SSSR count). The minimum atomic E-state index is -0.657. The van der Waals surface area contributed by atoms with Gasteiger partial charge in [0.25, 0.3) is 0 Å². The number of methoxy groups -OCH3 is 2. The van der Waals surface area contributed by atoms with Crippen LogP contribution in [0.4, 0.5) is 4.79 Å². The average molecular weight is 379 g/mol. The molecule has 150 valence electrons. The minimum absolute atomic E-state index is 0.0851. The summed E-state index contributed by atoms with van der Waals surface area (Å²) in [5.41, 5.74) is 3.16. The van der Waals surface area contributed by atoms with Gasteiger partial charge in [0.15, 0.2) is 11.5 Å². The van der Waals surface area contributed by atoms with E-state index in [9.17, 15) is 9.59 Å². The van der Waals surface area contributed by atoms with Gasteiger partial charge in [0.2, 0.25) is 5.91 Å². The Morgan fingerprint density at radius 1 is 1.11 bits per heavy atom. The molecule has 0 radical (unpaired) electrons. The van der Waals surface area contributed by atoms with Crippen molar-refractivity contribution in [2.75, 3.05) is 20.8 Å². The summed E-state index contributed by atoms with van der Waals surface area (Å²) in [5.74, 6) is 1.13. The van der Waals surface area contributed by atoms with Gasteiger partial charge >= 0.3 is 6.09 Å². The third kappa shape index (κ3) is 8.94. The second kappa shape index (κ2) is 10.4. The molecule has 8 nitrogen and oxygen atoms in total. The molecule has 0 bridgehead atoms. The molecule has 0 saturated heterocycles. The van der Waals surface area contributed by atoms with E-state index in [0.717, 1.165) is 5.56 Å². The minimum Gasteiger partial charge on any atom is -0.493 e.